The van der Waals surface area contributed by atoms with Crippen molar-refractivity contribution >= 4 is 23.4 Å². The van der Waals surface area contributed by atoms with Crippen molar-refractivity contribution in [2.75, 3.05) is 5.32 Å². The van der Waals surface area contributed by atoms with Crippen LogP contribution < -0.4 is 20.7 Å². The summed E-state index contributed by atoms with van der Waals surface area (Å²) >= 11 is 0. The molecule has 10 nitrogen and oxygen atoms in total. The standard InChI is InChI=1S/C22H21N5O5/c28-19(11-10-17-22(30)24-16-9-5-4-8-15(16)21(29)25-17)23-12-20-26-18(27-32-20)13-31-14-6-2-1-3-7-14/h1-9,17H,10-13H2,(H,23,28)(H,24,30)(H,25,29)/t17-/m1/s1. The number of aromatic nitrogens is 2. The molecule has 2 heterocycles. The van der Waals surface area contributed by atoms with Gasteiger partial charge < -0.3 is 25.2 Å². The predicted molar refractivity (Wildman–Crippen MR) is 112 cm³/mol. The third-order valence-electron chi connectivity index (χ3n) is 4.77. The van der Waals surface area contributed by atoms with E-state index in [2.05, 4.69) is 26.1 Å². The lowest BCUT2D eigenvalue weighted by Crippen LogP contribution is -2.42. The molecule has 3 aromatic rings. The fourth-order valence-corrected chi connectivity index (χ4v) is 3.14. The van der Waals surface area contributed by atoms with Gasteiger partial charge in [-0.15, -0.1) is 0 Å². The molecule has 1 aliphatic heterocycles. The minimum Gasteiger partial charge on any atom is -0.485 e. The molecule has 0 bridgehead atoms. The van der Waals surface area contributed by atoms with Gasteiger partial charge in [-0.25, -0.2) is 0 Å². The van der Waals surface area contributed by atoms with E-state index in [0.717, 1.165) is 0 Å². The van der Waals surface area contributed by atoms with Crippen LogP contribution in [0.25, 0.3) is 0 Å². The van der Waals surface area contributed by atoms with Gasteiger partial charge in [-0.1, -0.05) is 35.5 Å². The Balaban J connectivity index is 1.22. The average Bonchev–Trinajstić information content (AvgIpc) is 3.23. The normalized spacial score (nSPS) is 15.2. The van der Waals surface area contributed by atoms with Gasteiger partial charge in [-0.3, -0.25) is 14.4 Å². The lowest BCUT2D eigenvalue weighted by atomic mass is 10.1. The van der Waals surface area contributed by atoms with Crippen molar-refractivity contribution in [2.45, 2.75) is 32.0 Å². The number of hydrogen-bond acceptors (Lipinski definition) is 7. The molecule has 1 aromatic heterocycles. The molecule has 0 spiro atoms. The van der Waals surface area contributed by atoms with E-state index in [4.69, 9.17) is 9.26 Å². The average molecular weight is 435 g/mol. The van der Waals surface area contributed by atoms with Crippen molar-refractivity contribution in [3.8, 4) is 5.75 Å². The van der Waals surface area contributed by atoms with Crippen LogP contribution in [0.3, 0.4) is 0 Å². The highest BCUT2D eigenvalue weighted by molar-refractivity contribution is 6.09. The molecule has 0 saturated carbocycles. The molecule has 3 N–H and O–H groups in total. The van der Waals surface area contributed by atoms with Gasteiger partial charge in [-0.2, -0.15) is 4.98 Å². The number of nitrogens with zero attached hydrogens (tertiary/aromatic N) is 2. The van der Waals surface area contributed by atoms with Crippen LogP contribution in [0, 0.1) is 0 Å². The van der Waals surface area contributed by atoms with Gasteiger partial charge in [0, 0.05) is 6.42 Å². The van der Waals surface area contributed by atoms with Crippen LogP contribution in [0.2, 0.25) is 0 Å². The zero-order valence-corrected chi connectivity index (χ0v) is 17.0. The summed E-state index contributed by atoms with van der Waals surface area (Å²) in [5.41, 5.74) is 0.835. The van der Waals surface area contributed by atoms with Gasteiger partial charge in [-0.05, 0) is 30.7 Å². The molecule has 164 valence electrons. The van der Waals surface area contributed by atoms with Gasteiger partial charge in [0.05, 0.1) is 17.8 Å². The molecule has 1 atom stereocenters. The number of para-hydroxylation sites is 2. The molecule has 2 aromatic carbocycles. The predicted octanol–water partition coefficient (Wildman–Crippen LogP) is 1.80. The maximum atomic E-state index is 12.4. The van der Waals surface area contributed by atoms with E-state index in [0.29, 0.717) is 22.8 Å². The molecule has 0 aliphatic carbocycles. The minimum atomic E-state index is -0.814. The number of benzene rings is 2. The van der Waals surface area contributed by atoms with Crippen molar-refractivity contribution in [3.05, 3.63) is 71.9 Å². The number of amides is 3. The number of rotatable bonds is 8. The third-order valence-corrected chi connectivity index (χ3v) is 4.77. The second-order valence-corrected chi connectivity index (χ2v) is 7.08. The molecule has 10 heteroatoms. The fourth-order valence-electron chi connectivity index (χ4n) is 3.14. The summed E-state index contributed by atoms with van der Waals surface area (Å²) in [4.78, 5) is 41.1. The Hall–Kier alpha value is -4.21. The zero-order valence-electron chi connectivity index (χ0n) is 17.0. The van der Waals surface area contributed by atoms with Crippen molar-refractivity contribution in [1.29, 1.82) is 0 Å². The Bertz CT molecular complexity index is 1110. The van der Waals surface area contributed by atoms with Gasteiger partial charge in [0.1, 0.15) is 11.8 Å². The number of carbonyl (C=O) groups is 3. The van der Waals surface area contributed by atoms with Crippen LogP contribution in [0.15, 0.2) is 59.1 Å². The fraction of sp³-hybridized carbons (Fsp3) is 0.227. The third kappa shape index (κ3) is 5.28. The molecule has 4 rings (SSSR count). The van der Waals surface area contributed by atoms with E-state index in [1.54, 1.807) is 24.3 Å². The van der Waals surface area contributed by atoms with E-state index in [9.17, 15) is 14.4 Å². The first-order valence-electron chi connectivity index (χ1n) is 10.1. The first kappa shape index (κ1) is 21.0. The highest BCUT2D eigenvalue weighted by Gasteiger charge is 2.27. The zero-order chi connectivity index (χ0) is 22.3. The van der Waals surface area contributed by atoms with E-state index in [-0.39, 0.29) is 49.6 Å². The van der Waals surface area contributed by atoms with Crippen LogP contribution >= 0.6 is 0 Å². The van der Waals surface area contributed by atoms with Crippen LogP contribution in [-0.4, -0.2) is 33.9 Å². The lowest BCUT2D eigenvalue weighted by molar-refractivity contribution is -0.122. The van der Waals surface area contributed by atoms with Gasteiger partial charge in [0.25, 0.3) is 5.91 Å². The van der Waals surface area contributed by atoms with E-state index >= 15 is 0 Å². The summed E-state index contributed by atoms with van der Waals surface area (Å²) < 4.78 is 10.6. The van der Waals surface area contributed by atoms with Crippen molar-refractivity contribution in [1.82, 2.24) is 20.8 Å². The summed E-state index contributed by atoms with van der Waals surface area (Å²) in [5, 5.41) is 11.8. The van der Waals surface area contributed by atoms with Crippen LogP contribution in [0.4, 0.5) is 5.69 Å². The Morgan fingerprint density at radius 1 is 1.09 bits per heavy atom. The molecule has 0 radical (unpaired) electrons. The van der Waals surface area contributed by atoms with Crippen LogP contribution in [0.1, 0.15) is 34.9 Å². The maximum Gasteiger partial charge on any atom is 0.254 e. The number of nitrogens with one attached hydrogen (secondary N) is 3. The molecule has 0 unspecified atom stereocenters. The molecule has 1 aliphatic rings. The van der Waals surface area contributed by atoms with Crippen molar-refractivity contribution < 1.29 is 23.6 Å². The molecule has 0 fully saturated rings. The molecular weight excluding hydrogens is 414 g/mol. The largest absolute Gasteiger partial charge is 0.485 e. The lowest BCUT2D eigenvalue weighted by Gasteiger charge is -2.14. The summed E-state index contributed by atoms with van der Waals surface area (Å²) in [6.45, 7) is 0.187. The van der Waals surface area contributed by atoms with Gasteiger partial charge >= 0.3 is 0 Å². The second kappa shape index (κ2) is 9.73. The minimum absolute atomic E-state index is 0.0345. The summed E-state index contributed by atoms with van der Waals surface area (Å²) in [6.07, 6.45) is 0.185. The highest BCUT2D eigenvalue weighted by Crippen LogP contribution is 2.19. The summed E-state index contributed by atoms with van der Waals surface area (Å²) in [6, 6.07) is 15.2. The topological polar surface area (TPSA) is 135 Å². The SMILES string of the molecule is O=C(CC[C@H]1NC(=O)c2ccccc2NC1=O)NCc1nc(COc2ccccc2)no1. The number of carbonyl (C=O) groups excluding carboxylic acids is 3. The van der Waals surface area contributed by atoms with E-state index in [1.165, 1.54) is 0 Å². The monoisotopic (exact) mass is 435 g/mol. The van der Waals surface area contributed by atoms with E-state index in [1.807, 2.05) is 30.3 Å². The number of ether oxygens (including phenoxy) is 1. The van der Waals surface area contributed by atoms with Gasteiger partial charge in [0.15, 0.2) is 6.61 Å². The molecule has 0 saturated heterocycles. The van der Waals surface area contributed by atoms with Crippen LogP contribution in [-0.2, 0) is 22.7 Å². The Morgan fingerprint density at radius 2 is 1.88 bits per heavy atom. The first-order valence-corrected chi connectivity index (χ1v) is 10.1. The summed E-state index contributed by atoms with van der Waals surface area (Å²) in [7, 11) is 0. The molecular formula is C22H21N5O5. The Kier molecular flexibility index (Phi) is 6.40. The first-order chi connectivity index (χ1) is 15.6. The second-order valence-electron chi connectivity index (χ2n) is 7.08. The quantitative estimate of drug-likeness (QED) is 0.491. The maximum absolute atomic E-state index is 12.4. The van der Waals surface area contributed by atoms with Gasteiger partial charge in [0.2, 0.25) is 23.5 Å². The smallest absolute Gasteiger partial charge is 0.254 e. The number of anilines is 1. The number of fused-ring (bicyclic) bond motifs is 1. The highest BCUT2D eigenvalue weighted by atomic mass is 16.5. The Labute approximate surface area is 183 Å². The van der Waals surface area contributed by atoms with Crippen molar-refractivity contribution in [3.63, 3.8) is 0 Å². The Morgan fingerprint density at radius 3 is 2.72 bits per heavy atom. The number of hydrogen-bond donors (Lipinski definition) is 3. The summed E-state index contributed by atoms with van der Waals surface area (Å²) in [5.74, 6) is 0.243. The van der Waals surface area contributed by atoms with Crippen molar-refractivity contribution in [2.24, 2.45) is 0 Å². The molecule has 3 amide bonds. The van der Waals surface area contributed by atoms with Crippen LogP contribution in [0.5, 0.6) is 5.75 Å². The van der Waals surface area contributed by atoms with E-state index < -0.39 is 6.04 Å². The molecule has 32 heavy (non-hydrogen) atoms.